The van der Waals surface area contributed by atoms with Crippen LogP contribution in [0.1, 0.15) is 56.7 Å². The molecule has 0 aliphatic carbocycles. The van der Waals surface area contributed by atoms with Crippen molar-refractivity contribution in [3.8, 4) is 0 Å². The molecule has 0 N–H and O–H groups in total. The first-order valence-electron chi connectivity index (χ1n) is 12.0. The van der Waals surface area contributed by atoms with Crippen molar-refractivity contribution in [2.75, 3.05) is 13.1 Å². The number of benzene rings is 3. The smallest absolute Gasteiger partial charge is 0.410 e. The number of likely N-dealkylation sites (tertiary alicyclic amines) is 1. The largest absolute Gasteiger partial charge is 0.444 e. The molecule has 0 aromatic heterocycles. The summed E-state index contributed by atoms with van der Waals surface area (Å²) in [5.74, 6) is 0.245. The number of amides is 1. The topological polar surface area (TPSA) is 38.8 Å². The van der Waals surface area contributed by atoms with Crippen molar-refractivity contribution in [3.05, 3.63) is 83.4 Å². The van der Waals surface area contributed by atoms with Gasteiger partial charge in [0.2, 0.25) is 0 Å². The van der Waals surface area contributed by atoms with E-state index in [1.807, 2.05) is 20.8 Å². The molecule has 1 aliphatic rings. The molecule has 0 bridgehead atoms. The lowest BCUT2D eigenvalue weighted by molar-refractivity contribution is -0.0359. The number of aryl methyl sites for hydroxylation is 1. The summed E-state index contributed by atoms with van der Waals surface area (Å²) in [5.41, 5.74) is 3.24. The van der Waals surface area contributed by atoms with E-state index in [-0.39, 0.29) is 18.1 Å². The minimum atomic E-state index is -0.509. The average molecular weight is 446 g/mol. The number of piperidine rings is 1. The fourth-order valence-electron chi connectivity index (χ4n) is 4.49. The molecular weight excluding hydrogens is 410 g/mol. The van der Waals surface area contributed by atoms with Crippen molar-refractivity contribution in [2.45, 2.75) is 64.8 Å². The number of carbonyl (C=O) groups excluding carboxylic acids is 1. The van der Waals surface area contributed by atoms with Crippen LogP contribution < -0.4 is 0 Å². The number of hydrogen-bond donors (Lipinski definition) is 0. The van der Waals surface area contributed by atoms with Gasteiger partial charge in [-0.3, -0.25) is 0 Å². The Morgan fingerprint density at radius 3 is 2.36 bits per heavy atom. The fraction of sp³-hybridized carbons (Fsp3) is 0.414. The zero-order valence-corrected chi connectivity index (χ0v) is 20.2. The maximum Gasteiger partial charge on any atom is 0.410 e. The van der Waals surface area contributed by atoms with Gasteiger partial charge in [-0.05, 0) is 67.1 Å². The Morgan fingerprint density at radius 2 is 1.67 bits per heavy atom. The van der Waals surface area contributed by atoms with E-state index >= 15 is 0 Å². The molecule has 3 aromatic carbocycles. The molecule has 3 aromatic rings. The highest BCUT2D eigenvalue weighted by Crippen LogP contribution is 2.32. The summed E-state index contributed by atoms with van der Waals surface area (Å²) < 4.78 is 12.1. The summed E-state index contributed by atoms with van der Waals surface area (Å²) >= 11 is 0. The lowest BCUT2D eigenvalue weighted by atomic mass is 9.86. The fourth-order valence-corrected chi connectivity index (χ4v) is 4.49. The SMILES string of the molecule is CCc1ccc(C2CCN(C(=O)OC(C)(C)C)CC2OCc2ccc3ccccc3c2)cc1. The van der Waals surface area contributed by atoms with Gasteiger partial charge in [-0.2, -0.15) is 0 Å². The van der Waals surface area contributed by atoms with Gasteiger partial charge in [0.05, 0.1) is 19.3 Å². The van der Waals surface area contributed by atoms with Gasteiger partial charge in [0.25, 0.3) is 0 Å². The van der Waals surface area contributed by atoms with Crippen LogP contribution in [0.15, 0.2) is 66.7 Å². The summed E-state index contributed by atoms with van der Waals surface area (Å²) in [5, 5.41) is 2.44. The molecule has 4 nitrogen and oxygen atoms in total. The van der Waals surface area contributed by atoms with Crippen molar-refractivity contribution in [3.63, 3.8) is 0 Å². The normalized spacial score (nSPS) is 19.0. The van der Waals surface area contributed by atoms with Crippen molar-refractivity contribution in [1.29, 1.82) is 0 Å². The Hall–Kier alpha value is -2.85. The molecule has 0 spiro atoms. The number of carbonyl (C=O) groups is 1. The third-order valence-electron chi connectivity index (χ3n) is 6.30. The van der Waals surface area contributed by atoms with Crippen LogP contribution in [0.3, 0.4) is 0 Å². The number of ether oxygens (including phenoxy) is 2. The highest BCUT2D eigenvalue weighted by molar-refractivity contribution is 5.82. The van der Waals surface area contributed by atoms with Crippen molar-refractivity contribution >= 4 is 16.9 Å². The third-order valence-corrected chi connectivity index (χ3v) is 6.30. The number of fused-ring (bicyclic) bond motifs is 1. The first-order valence-corrected chi connectivity index (χ1v) is 12.0. The molecule has 4 heteroatoms. The predicted molar refractivity (Wildman–Crippen MR) is 134 cm³/mol. The molecular formula is C29H35NO3. The van der Waals surface area contributed by atoms with E-state index in [9.17, 15) is 4.79 Å². The van der Waals surface area contributed by atoms with Gasteiger partial charge < -0.3 is 14.4 Å². The standard InChI is InChI=1S/C29H35NO3/c1-5-21-10-14-24(15-11-21)26-16-17-30(28(31)33-29(2,3)4)19-27(26)32-20-22-12-13-23-8-6-7-9-25(23)18-22/h6-15,18,26-27H,5,16-17,19-20H2,1-4H3. The summed E-state index contributed by atoms with van der Waals surface area (Å²) in [6.45, 7) is 9.60. The van der Waals surface area contributed by atoms with Gasteiger partial charge >= 0.3 is 6.09 Å². The maximum absolute atomic E-state index is 12.8. The van der Waals surface area contributed by atoms with E-state index in [1.54, 1.807) is 4.90 Å². The summed E-state index contributed by atoms with van der Waals surface area (Å²) in [6, 6.07) is 23.7. The van der Waals surface area contributed by atoms with Crippen LogP contribution in [0.5, 0.6) is 0 Å². The van der Waals surface area contributed by atoms with E-state index in [2.05, 4.69) is 73.7 Å². The van der Waals surface area contributed by atoms with E-state index in [4.69, 9.17) is 9.47 Å². The van der Waals surface area contributed by atoms with Crippen LogP contribution in [0.4, 0.5) is 4.79 Å². The molecule has 2 unspecified atom stereocenters. The van der Waals surface area contributed by atoms with Gasteiger partial charge in [-0.1, -0.05) is 67.6 Å². The molecule has 174 valence electrons. The second-order valence-electron chi connectivity index (χ2n) is 9.95. The Kier molecular flexibility index (Phi) is 7.04. The van der Waals surface area contributed by atoms with Crippen LogP contribution in [-0.2, 0) is 22.5 Å². The lowest BCUT2D eigenvalue weighted by Gasteiger charge is -2.39. The Labute approximate surface area is 197 Å². The number of rotatable bonds is 5. The predicted octanol–water partition coefficient (Wildman–Crippen LogP) is 6.71. The molecule has 1 saturated heterocycles. The first kappa shape index (κ1) is 23.3. The zero-order valence-electron chi connectivity index (χ0n) is 20.2. The highest BCUT2D eigenvalue weighted by atomic mass is 16.6. The van der Waals surface area contributed by atoms with Crippen LogP contribution in [0.25, 0.3) is 10.8 Å². The summed E-state index contributed by atoms with van der Waals surface area (Å²) in [7, 11) is 0. The minimum Gasteiger partial charge on any atom is -0.444 e. The van der Waals surface area contributed by atoms with Crippen molar-refractivity contribution in [2.24, 2.45) is 0 Å². The Morgan fingerprint density at radius 1 is 0.970 bits per heavy atom. The van der Waals surface area contributed by atoms with Crippen LogP contribution in [-0.4, -0.2) is 35.8 Å². The molecule has 0 radical (unpaired) electrons. The van der Waals surface area contributed by atoms with Gasteiger partial charge in [-0.15, -0.1) is 0 Å². The zero-order chi connectivity index (χ0) is 23.4. The molecule has 1 aliphatic heterocycles. The molecule has 0 saturated carbocycles. The molecule has 1 fully saturated rings. The van der Waals surface area contributed by atoms with E-state index in [0.29, 0.717) is 19.7 Å². The second kappa shape index (κ2) is 9.96. The first-order chi connectivity index (χ1) is 15.8. The van der Waals surface area contributed by atoms with Crippen molar-refractivity contribution in [1.82, 2.24) is 4.90 Å². The Balaban J connectivity index is 1.52. The molecule has 1 amide bonds. The van der Waals surface area contributed by atoms with Crippen LogP contribution >= 0.6 is 0 Å². The number of nitrogens with zero attached hydrogens (tertiary/aromatic N) is 1. The molecule has 2 atom stereocenters. The van der Waals surface area contributed by atoms with Crippen LogP contribution in [0, 0.1) is 0 Å². The monoisotopic (exact) mass is 445 g/mol. The van der Waals surface area contributed by atoms with E-state index < -0.39 is 5.60 Å². The van der Waals surface area contributed by atoms with E-state index in [0.717, 1.165) is 18.4 Å². The number of hydrogen-bond acceptors (Lipinski definition) is 3. The second-order valence-corrected chi connectivity index (χ2v) is 9.95. The Bertz CT molecular complexity index is 1080. The molecule has 33 heavy (non-hydrogen) atoms. The van der Waals surface area contributed by atoms with Gasteiger partial charge in [-0.25, -0.2) is 4.79 Å². The lowest BCUT2D eigenvalue weighted by Crippen LogP contribution is -2.48. The van der Waals surface area contributed by atoms with Gasteiger partial charge in [0.15, 0.2) is 0 Å². The molecule has 4 rings (SSSR count). The maximum atomic E-state index is 12.8. The summed E-state index contributed by atoms with van der Waals surface area (Å²) in [4.78, 5) is 14.6. The van der Waals surface area contributed by atoms with Gasteiger partial charge in [0.1, 0.15) is 5.60 Å². The summed E-state index contributed by atoms with van der Waals surface area (Å²) in [6.07, 6.45) is 1.53. The van der Waals surface area contributed by atoms with E-state index in [1.165, 1.54) is 21.9 Å². The van der Waals surface area contributed by atoms with Crippen LogP contribution in [0.2, 0.25) is 0 Å². The quantitative estimate of drug-likeness (QED) is 0.438. The van der Waals surface area contributed by atoms with Crippen molar-refractivity contribution < 1.29 is 14.3 Å². The third kappa shape index (κ3) is 5.94. The average Bonchev–Trinajstić information content (AvgIpc) is 2.81. The highest BCUT2D eigenvalue weighted by Gasteiger charge is 2.35. The minimum absolute atomic E-state index is 0.0924. The van der Waals surface area contributed by atoms with Gasteiger partial charge in [0, 0.05) is 12.5 Å². The molecule has 1 heterocycles.